The number of aryl methyl sites for hydroxylation is 1. The molecule has 2 aromatic rings. The van der Waals surface area contributed by atoms with Crippen molar-refractivity contribution in [2.24, 2.45) is 5.92 Å². The maximum atomic E-state index is 13.6. The van der Waals surface area contributed by atoms with Crippen LogP contribution in [0.2, 0.25) is 0 Å². The second-order valence-electron chi connectivity index (χ2n) is 8.95. The predicted octanol–water partition coefficient (Wildman–Crippen LogP) is 2.80. The number of nitrogens with zero attached hydrogens (tertiary/aromatic N) is 3. The number of rotatable bonds is 11. The number of hydrogen-bond acceptors (Lipinski definition) is 4. The zero-order valence-electron chi connectivity index (χ0n) is 20.9. The lowest BCUT2D eigenvalue weighted by molar-refractivity contribution is -0.139. The fraction of sp³-hybridized carbons (Fsp3) is 0.440. The molecule has 1 atom stereocenters. The van der Waals surface area contributed by atoms with Crippen molar-refractivity contribution in [3.8, 4) is 0 Å². The molecule has 2 aromatic carbocycles. The molecule has 0 saturated carbocycles. The van der Waals surface area contributed by atoms with Crippen LogP contribution in [0.25, 0.3) is 0 Å². The Hall–Kier alpha value is -2.91. The molecule has 9 heteroatoms. The fourth-order valence-corrected chi connectivity index (χ4v) is 4.29. The molecule has 0 aromatic heterocycles. The lowest BCUT2D eigenvalue weighted by Gasteiger charge is -2.33. The van der Waals surface area contributed by atoms with Gasteiger partial charge in [0.2, 0.25) is 11.8 Å². The van der Waals surface area contributed by atoms with Crippen LogP contribution in [0, 0.1) is 12.8 Å². The molecule has 2 amide bonds. The molecule has 0 heterocycles. The molecule has 8 nitrogen and oxygen atoms in total. The van der Waals surface area contributed by atoms with E-state index in [0.29, 0.717) is 12.2 Å². The van der Waals surface area contributed by atoms with E-state index in [1.807, 2.05) is 45.0 Å². The van der Waals surface area contributed by atoms with Crippen LogP contribution in [0.1, 0.15) is 31.9 Å². The summed E-state index contributed by atoms with van der Waals surface area (Å²) in [5.41, 5.74) is 2.30. The number of hydrogen-bond donors (Lipinski definition) is 1. The van der Waals surface area contributed by atoms with Crippen molar-refractivity contribution in [1.82, 2.24) is 14.5 Å². The van der Waals surface area contributed by atoms with E-state index in [1.54, 1.807) is 37.3 Å². The normalized spacial score (nSPS) is 12.5. The van der Waals surface area contributed by atoms with Gasteiger partial charge in [0, 0.05) is 27.2 Å². The van der Waals surface area contributed by atoms with Gasteiger partial charge in [-0.15, -0.1) is 0 Å². The van der Waals surface area contributed by atoms with Crippen molar-refractivity contribution in [3.63, 3.8) is 0 Å². The summed E-state index contributed by atoms with van der Waals surface area (Å²) in [5, 5.41) is 2.87. The first-order chi connectivity index (χ1) is 15.9. The van der Waals surface area contributed by atoms with Crippen molar-refractivity contribution in [1.29, 1.82) is 0 Å². The Balaban J connectivity index is 2.39. The third-order valence-corrected chi connectivity index (χ3v) is 7.21. The van der Waals surface area contributed by atoms with Gasteiger partial charge in [0.05, 0.1) is 5.69 Å². The molecule has 186 valence electrons. The van der Waals surface area contributed by atoms with E-state index in [4.69, 9.17) is 0 Å². The topological polar surface area (TPSA) is 90.0 Å². The number of benzene rings is 2. The van der Waals surface area contributed by atoms with Gasteiger partial charge in [-0.2, -0.15) is 12.7 Å². The minimum atomic E-state index is -3.95. The number of carbonyl (C=O) groups is 2. The van der Waals surface area contributed by atoms with Crippen LogP contribution >= 0.6 is 0 Å². The Bertz CT molecular complexity index is 1050. The van der Waals surface area contributed by atoms with E-state index >= 15 is 0 Å². The number of amides is 2. The van der Waals surface area contributed by atoms with E-state index in [0.717, 1.165) is 19.7 Å². The maximum absolute atomic E-state index is 13.6. The Morgan fingerprint density at radius 3 is 2.06 bits per heavy atom. The van der Waals surface area contributed by atoms with Gasteiger partial charge >= 0.3 is 10.2 Å². The highest BCUT2D eigenvalue weighted by atomic mass is 32.2. The predicted molar refractivity (Wildman–Crippen MR) is 135 cm³/mol. The molecule has 0 spiro atoms. The number of nitrogens with one attached hydrogen (secondary N) is 1. The van der Waals surface area contributed by atoms with Gasteiger partial charge in [0.1, 0.15) is 12.6 Å². The lowest BCUT2D eigenvalue weighted by atomic mass is 10.1. The van der Waals surface area contributed by atoms with Gasteiger partial charge in [0.25, 0.3) is 0 Å². The van der Waals surface area contributed by atoms with Gasteiger partial charge in [-0.05, 0) is 37.5 Å². The summed E-state index contributed by atoms with van der Waals surface area (Å²) in [6.07, 6.45) is 0. The SMILES string of the molecule is Cc1ccc(CN(C(=O)CN(c2ccccc2)S(=O)(=O)N(C)C)C(C)C(=O)NCC(C)C)cc1. The Kier molecular flexibility index (Phi) is 9.64. The summed E-state index contributed by atoms with van der Waals surface area (Å²) in [6.45, 7) is 7.85. The third-order valence-electron chi connectivity index (χ3n) is 5.39. The van der Waals surface area contributed by atoms with Crippen molar-refractivity contribution in [3.05, 3.63) is 65.7 Å². The molecule has 1 N–H and O–H groups in total. The van der Waals surface area contributed by atoms with Crippen molar-refractivity contribution in [2.45, 2.75) is 40.3 Å². The van der Waals surface area contributed by atoms with Gasteiger partial charge < -0.3 is 10.2 Å². The molecular formula is C25H36N4O4S. The zero-order valence-corrected chi connectivity index (χ0v) is 21.7. The molecular weight excluding hydrogens is 452 g/mol. The van der Waals surface area contributed by atoms with E-state index in [9.17, 15) is 18.0 Å². The highest BCUT2D eigenvalue weighted by Gasteiger charge is 2.32. The molecule has 1 unspecified atom stereocenters. The monoisotopic (exact) mass is 488 g/mol. The summed E-state index contributed by atoms with van der Waals surface area (Å²) in [4.78, 5) is 27.9. The molecule has 0 aliphatic carbocycles. The summed E-state index contributed by atoms with van der Waals surface area (Å²) in [5.74, 6) is -0.492. The number of anilines is 1. The van der Waals surface area contributed by atoms with Gasteiger partial charge in [-0.1, -0.05) is 61.9 Å². The zero-order chi connectivity index (χ0) is 25.5. The lowest BCUT2D eigenvalue weighted by Crippen LogP contribution is -2.52. The Morgan fingerprint density at radius 2 is 1.53 bits per heavy atom. The van der Waals surface area contributed by atoms with Crippen LogP contribution in [0.3, 0.4) is 0 Å². The first-order valence-electron chi connectivity index (χ1n) is 11.3. The van der Waals surface area contributed by atoms with E-state index in [1.165, 1.54) is 19.0 Å². The van der Waals surface area contributed by atoms with Crippen LogP contribution in [-0.4, -0.2) is 62.7 Å². The average molecular weight is 489 g/mol. The highest BCUT2D eigenvalue weighted by Crippen LogP contribution is 2.20. The Morgan fingerprint density at radius 1 is 0.941 bits per heavy atom. The number of carbonyl (C=O) groups excluding carboxylic acids is 2. The van der Waals surface area contributed by atoms with E-state index in [2.05, 4.69) is 5.32 Å². The standard InChI is InChI=1S/C25H36N4O4S/c1-19(2)16-26-25(31)21(4)28(17-22-14-12-20(3)13-15-22)24(30)18-29(34(32,33)27(5)6)23-10-8-7-9-11-23/h7-15,19,21H,16-18H2,1-6H3,(H,26,31). The Labute approximate surface area is 203 Å². The van der Waals surface area contributed by atoms with Crippen molar-refractivity contribution >= 4 is 27.7 Å². The van der Waals surface area contributed by atoms with Gasteiger partial charge in [-0.3, -0.25) is 9.59 Å². The summed E-state index contributed by atoms with van der Waals surface area (Å²) in [6, 6.07) is 15.4. The van der Waals surface area contributed by atoms with Gasteiger partial charge in [0.15, 0.2) is 0 Å². The molecule has 0 bridgehead atoms. The van der Waals surface area contributed by atoms with Crippen molar-refractivity contribution in [2.75, 3.05) is 31.5 Å². The summed E-state index contributed by atoms with van der Waals surface area (Å²) < 4.78 is 28.3. The molecule has 2 rings (SSSR count). The smallest absolute Gasteiger partial charge is 0.304 e. The molecule has 34 heavy (non-hydrogen) atoms. The molecule has 0 radical (unpaired) electrons. The first kappa shape index (κ1) is 27.3. The van der Waals surface area contributed by atoms with Crippen molar-refractivity contribution < 1.29 is 18.0 Å². The molecule has 0 saturated heterocycles. The maximum Gasteiger partial charge on any atom is 0.304 e. The summed E-state index contributed by atoms with van der Waals surface area (Å²) in [7, 11) is -1.11. The first-order valence-corrected chi connectivity index (χ1v) is 12.7. The third kappa shape index (κ3) is 7.30. The second-order valence-corrected chi connectivity index (χ2v) is 11.0. The minimum Gasteiger partial charge on any atom is -0.354 e. The fourth-order valence-electron chi connectivity index (χ4n) is 3.24. The molecule has 0 aliphatic heterocycles. The van der Waals surface area contributed by atoms with Crippen LogP contribution in [-0.2, 0) is 26.3 Å². The van der Waals surface area contributed by atoms with Crippen LogP contribution in [0.4, 0.5) is 5.69 Å². The quantitative estimate of drug-likeness (QED) is 0.527. The van der Waals surface area contributed by atoms with Crippen LogP contribution in [0.15, 0.2) is 54.6 Å². The van der Waals surface area contributed by atoms with E-state index in [-0.39, 0.29) is 18.4 Å². The molecule has 0 aliphatic rings. The van der Waals surface area contributed by atoms with E-state index < -0.39 is 28.7 Å². The van der Waals surface area contributed by atoms with Crippen LogP contribution in [0.5, 0.6) is 0 Å². The highest BCUT2D eigenvalue weighted by molar-refractivity contribution is 7.90. The summed E-state index contributed by atoms with van der Waals surface area (Å²) >= 11 is 0. The molecule has 0 fully saturated rings. The van der Waals surface area contributed by atoms with Gasteiger partial charge in [-0.25, -0.2) is 4.31 Å². The number of para-hydroxylation sites is 1. The minimum absolute atomic E-state index is 0.181. The van der Waals surface area contributed by atoms with Crippen LogP contribution < -0.4 is 9.62 Å². The average Bonchev–Trinajstić information content (AvgIpc) is 2.80. The second kappa shape index (κ2) is 12.0. The largest absolute Gasteiger partial charge is 0.354 e.